The molecule has 2 aliphatic rings. The molecule has 1 atom stereocenters. The van der Waals surface area contributed by atoms with Gasteiger partial charge in [0.1, 0.15) is 11.8 Å². The maximum absolute atomic E-state index is 13.5. The molecule has 1 N–H and O–H groups in total. The number of ketones is 1. The topological polar surface area (TPSA) is 81.3 Å². The molecule has 1 aromatic heterocycles. The highest BCUT2D eigenvalue weighted by atomic mass is 16.3. The van der Waals surface area contributed by atoms with Gasteiger partial charge < -0.3 is 5.11 Å². The summed E-state index contributed by atoms with van der Waals surface area (Å²) in [7, 11) is 0. The third-order valence-corrected chi connectivity index (χ3v) is 5.91. The van der Waals surface area contributed by atoms with Crippen LogP contribution in [0.1, 0.15) is 38.3 Å². The van der Waals surface area contributed by atoms with E-state index in [4.69, 9.17) is 0 Å². The molecule has 0 saturated heterocycles. The number of allylic oxidation sites excluding steroid dienone is 2. The highest BCUT2D eigenvalue weighted by Crippen LogP contribution is 2.47. The molecule has 0 saturated carbocycles. The molecule has 2 aromatic carbocycles. The SMILES string of the molecule is CC1(C)CC(=O)C2=C(C1)n1c(=O)c3ccccc3c(=O)n1C2c1ccccc1O. The highest BCUT2D eigenvalue weighted by Gasteiger charge is 2.45. The van der Waals surface area contributed by atoms with Gasteiger partial charge in [-0.2, -0.15) is 0 Å². The zero-order chi connectivity index (χ0) is 20.5. The van der Waals surface area contributed by atoms with Gasteiger partial charge in [-0.25, -0.2) is 9.36 Å². The number of carbonyl (C=O) groups is 1. The van der Waals surface area contributed by atoms with Crippen LogP contribution in [0.4, 0.5) is 0 Å². The van der Waals surface area contributed by atoms with E-state index in [1.54, 1.807) is 42.5 Å². The average Bonchev–Trinajstić information content (AvgIpc) is 3.01. The van der Waals surface area contributed by atoms with Gasteiger partial charge in [-0.15, -0.1) is 0 Å². The Balaban J connectivity index is 1.95. The van der Waals surface area contributed by atoms with E-state index >= 15 is 0 Å². The average molecular weight is 388 g/mol. The van der Waals surface area contributed by atoms with Crippen LogP contribution in [0.3, 0.4) is 0 Å². The molecule has 6 nitrogen and oxygen atoms in total. The molecule has 1 unspecified atom stereocenters. The number of aromatic nitrogens is 2. The molecule has 29 heavy (non-hydrogen) atoms. The van der Waals surface area contributed by atoms with Gasteiger partial charge in [-0.05, 0) is 30.0 Å². The van der Waals surface area contributed by atoms with Gasteiger partial charge in [0.2, 0.25) is 0 Å². The zero-order valence-corrected chi connectivity index (χ0v) is 16.2. The lowest BCUT2D eigenvalue weighted by atomic mass is 9.74. The summed E-state index contributed by atoms with van der Waals surface area (Å²) in [6.45, 7) is 3.97. The second-order valence-corrected chi connectivity index (χ2v) is 8.57. The van der Waals surface area contributed by atoms with E-state index in [2.05, 4.69) is 0 Å². The fourth-order valence-corrected chi connectivity index (χ4v) is 4.70. The Morgan fingerprint density at radius 3 is 2.21 bits per heavy atom. The molecular formula is C23H20N2O4. The molecule has 1 aliphatic carbocycles. The van der Waals surface area contributed by atoms with Gasteiger partial charge in [0.15, 0.2) is 5.78 Å². The molecule has 146 valence electrons. The van der Waals surface area contributed by atoms with Crippen LogP contribution >= 0.6 is 0 Å². The fourth-order valence-electron chi connectivity index (χ4n) is 4.70. The van der Waals surface area contributed by atoms with Crippen molar-refractivity contribution in [3.05, 3.63) is 80.4 Å². The van der Waals surface area contributed by atoms with Crippen LogP contribution in [0.25, 0.3) is 16.5 Å². The number of nitrogens with zero attached hydrogens (tertiary/aromatic N) is 2. The summed E-state index contributed by atoms with van der Waals surface area (Å²) in [5.74, 6) is -0.105. The number of hydrogen-bond donors (Lipinski definition) is 1. The minimum Gasteiger partial charge on any atom is -0.508 e. The van der Waals surface area contributed by atoms with Crippen molar-refractivity contribution in [1.82, 2.24) is 9.36 Å². The number of phenols is 1. The Kier molecular flexibility index (Phi) is 3.53. The molecule has 5 rings (SSSR count). The number of fused-ring (bicyclic) bond motifs is 3. The van der Waals surface area contributed by atoms with Gasteiger partial charge in [-0.3, -0.25) is 14.4 Å². The van der Waals surface area contributed by atoms with Crippen LogP contribution in [-0.4, -0.2) is 20.3 Å². The van der Waals surface area contributed by atoms with E-state index in [9.17, 15) is 19.5 Å². The second kappa shape index (κ2) is 5.80. The van der Waals surface area contributed by atoms with E-state index in [0.717, 1.165) is 0 Å². The van der Waals surface area contributed by atoms with E-state index in [0.29, 0.717) is 40.4 Å². The van der Waals surface area contributed by atoms with Crippen molar-refractivity contribution < 1.29 is 9.90 Å². The van der Waals surface area contributed by atoms with Crippen molar-refractivity contribution >= 4 is 22.3 Å². The summed E-state index contributed by atoms with van der Waals surface area (Å²) in [4.78, 5) is 40.1. The van der Waals surface area contributed by atoms with Gasteiger partial charge in [0, 0.05) is 17.6 Å². The minimum atomic E-state index is -0.820. The van der Waals surface area contributed by atoms with Crippen molar-refractivity contribution in [1.29, 1.82) is 0 Å². The first-order valence-corrected chi connectivity index (χ1v) is 9.61. The summed E-state index contributed by atoms with van der Waals surface area (Å²) < 4.78 is 2.72. The molecular weight excluding hydrogens is 368 g/mol. The first-order chi connectivity index (χ1) is 13.8. The van der Waals surface area contributed by atoms with Crippen molar-refractivity contribution in [3.63, 3.8) is 0 Å². The third kappa shape index (κ3) is 2.38. The number of aromatic hydroxyl groups is 1. The summed E-state index contributed by atoms with van der Waals surface area (Å²) in [5.41, 5.74) is 0.434. The Morgan fingerprint density at radius 2 is 1.52 bits per heavy atom. The van der Waals surface area contributed by atoms with Crippen LogP contribution in [0.15, 0.2) is 63.7 Å². The van der Waals surface area contributed by atoms with Gasteiger partial charge in [0.25, 0.3) is 11.1 Å². The molecule has 0 fully saturated rings. The van der Waals surface area contributed by atoms with E-state index < -0.39 is 6.04 Å². The molecule has 3 aromatic rings. The van der Waals surface area contributed by atoms with Crippen molar-refractivity contribution in [2.45, 2.75) is 32.7 Å². The standard InChI is InChI=1S/C23H20N2O4/c1-23(2)11-16-19(18(27)12-23)20(15-9-5-6-10-17(15)26)25-22(29)14-8-4-3-7-13(14)21(28)24(16)25/h3-10,20,26H,11-12H2,1-2H3. The number of benzene rings is 2. The largest absolute Gasteiger partial charge is 0.508 e. The van der Waals surface area contributed by atoms with Crippen LogP contribution in [0.2, 0.25) is 0 Å². The first-order valence-electron chi connectivity index (χ1n) is 9.61. The minimum absolute atomic E-state index is 0.0112. The summed E-state index contributed by atoms with van der Waals surface area (Å²) >= 11 is 0. The Bertz CT molecular complexity index is 1360. The molecule has 0 amide bonds. The maximum atomic E-state index is 13.5. The molecule has 0 bridgehead atoms. The van der Waals surface area contributed by atoms with Crippen LogP contribution in [-0.2, 0) is 4.79 Å². The summed E-state index contributed by atoms with van der Waals surface area (Å²) in [5, 5.41) is 11.1. The zero-order valence-electron chi connectivity index (χ0n) is 16.2. The lowest BCUT2D eigenvalue weighted by molar-refractivity contribution is -0.118. The molecule has 0 radical (unpaired) electrons. The highest BCUT2D eigenvalue weighted by molar-refractivity contribution is 6.04. The predicted octanol–water partition coefficient (Wildman–Crippen LogP) is 3.07. The lowest BCUT2D eigenvalue weighted by Crippen LogP contribution is -2.37. The summed E-state index contributed by atoms with van der Waals surface area (Å²) in [6.07, 6.45) is 0.822. The number of hydrogen-bond acceptors (Lipinski definition) is 4. The Hall–Kier alpha value is -3.41. The molecule has 2 heterocycles. The second-order valence-electron chi connectivity index (χ2n) is 8.57. The molecule has 6 heteroatoms. The number of carbonyl (C=O) groups excluding carboxylic acids is 1. The number of Topliss-reactive ketones (excluding diaryl/α,β-unsaturated/α-hetero) is 1. The van der Waals surface area contributed by atoms with Crippen molar-refractivity contribution in [2.24, 2.45) is 5.41 Å². The number of para-hydroxylation sites is 1. The van der Waals surface area contributed by atoms with E-state index in [1.807, 2.05) is 13.8 Å². The van der Waals surface area contributed by atoms with Gasteiger partial charge >= 0.3 is 0 Å². The number of phenolic OH excluding ortho intramolecular Hbond substituents is 1. The van der Waals surface area contributed by atoms with Crippen molar-refractivity contribution in [2.75, 3.05) is 0 Å². The monoisotopic (exact) mass is 388 g/mol. The quantitative estimate of drug-likeness (QED) is 0.695. The van der Waals surface area contributed by atoms with Crippen LogP contribution in [0, 0.1) is 5.41 Å². The third-order valence-electron chi connectivity index (χ3n) is 5.91. The first kappa shape index (κ1) is 17.7. The predicted molar refractivity (Wildman–Crippen MR) is 110 cm³/mol. The lowest BCUT2D eigenvalue weighted by Gasteiger charge is -2.30. The summed E-state index contributed by atoms with van der Waals surface area (Å²) in [6, 6.07) is 12.5. The Morgan fingerprint density at radius 1 is 0.897 bits per heavy atom. The number of rotatable bonds is 1. The normalized spacial score (nSPS) is 20.1. The maximum Gasteiger partial charge on any atom is 0.277 e. The smallest absolute Gasteiger partial charge is 0.277 e. The Labute approximate surface area is 166 Å². The molecule has 1 aliphatic heterocycles. The molecule has 0 spiro atoms. The fraction of sp³-hybridized carbons (Fsp3) is 0.261. The van der Waals surface area contributed by atoms with E-state index in [-0.39, 0.29) is 28.1 Å². The van der Waals surface area contributed by atoms with Crippen LogP contribution in [0.5, 0.6) is 5.75 Å². The van der Waals surface area contributed by atoms with Gasteiger partial charge in [-0.1, -0.05) is 44.2 Å². The van der Waals surface area contributed by atoms with E-state index in [1.165, 1.54) is 15.4 Å². The van der Waals surface area contributed by atoms with Crippen LogP contribution < -0.4 is 11.1 Å². The van der Waals surface area contributed by atoms with Crippen molar-refractivity contribution in [3.8, 4) is 5.75 Å². The van der Waals surface area contributed by atoms with Gasteiger partial charge in [0.05, 0.1) is 16.5 Å².